The third-order valence-corrected chi connectivity index (χ3v) is 6.41. The molecule has 1 atom stereocenters. The molecular weight excluding hydrogens is 443 g/mol. The Hall–Kier alpha value is -3.46. The van der Waals surface area contributed by atoms with Crippen LogP contribution in [0.5, 0.6) is 5.75 Å². The van der Waals surface area contributed by atoms with E-state index in [4.69, 9.17) is 4.74 Å². The Balaban J connectivity index is 1.59. The summed E-state index contributed by atoms with van der Waals surface area (Å²) in [5, 5.41) is 6.44. The second-order valence-corrected chi connectivity index (χ2v) is 8.62. The van der Waals surface area contributed by atoms with E-state index in [-0.39, 0.29) is 29.1 Å². The minimum atomic E-state index is -0.359. The maximum Gasteiger partial charge on any atom is 0.254 e. The number of amides is 1. The second kappa shape index (κ2) is 9.58. The van der Waals surface area contributed by atoms with Crippen molar-refractivity contribution in [3.8, 4) is 5.75 Å². The Kier molecular flexibility index (Phi) is 6.60. The highest BCUT2D eigenvalue weighted by atomic mass is 32.2. The molecule has 1 aliphatic heterocycles. The van der Waals surface area contributed by atoms with E-state index in [9.17, 15) is 14.0 Å². The van der Waals surface area contributed by atoms with Crippen LogP contribution in [0.4, 0.5) is 4.39 Å². The summed E-state index contributed by atoms with van der Waals surface area (Å²) in [5.41, 5.74) is 3.38. The van der Waals surface area contributed by atoms with Crippen molar-refractivity contribution in [3.05, 3.63) is 87.1 Å². The predicted octanol–water partition coefficient (Wildman–Crippen LogP) is 4.00. The fourth-order valence-electron chi connectivity index (χ4n) is 3.53. The molecule has 170 valence electrons. The van der Waals surface area contributed by atoms with Crippen LogP contribution in [-0.2, 0) is 4.79 Å². The van der Waals surface area contributed by atoms with Crippen LogP contribution in [0.3, 0.4) is 0 Å². The molecule has 0 saturated heterocycles. The molecule has 1 unspecified atom stereocenters. The summed E-state index contributed by atoms with van der Waals surface area (Å²) < 4.78 is 18.7. The quantitative estimate of drug-likeness (QED) is 0.438. The molecule has 0 radical (unpaired) electrons. The van der Waals surface area contributed by atoms with Crippen LogP contribution in [0.1, 0.15) is 34.8 Å². The first-order valence-corrected chi connectivity index (χ1v) is 11.3. The van der Waals surface area contributed by atoms with Crippen LogP contribution >= 0.6 is 11.8 Å². The summed E-state index contributed by atoms with van der Waals surface area (Å²) in [6.45, 7) is 3.46. The van der Waals surface area contributed by atoms with Crippen molar-refractivity contribution in [1.29, 1.82) is 0 Å². The van der Waals surface area contributed by atoms with Gasteiger partial charge in [0.15, 0.2) is 5.16 Å². The first kappa shape index (κ1) is 22.7. The smallest absolute Gasteiger partial charge is 0.254 e. The van der Waals surface area contributed by atoms with Gasteiger partial charge in [0.05, 0.1) is 24.6 Å². The van der Waals surface area contributed by atoms with Gasteiger partial charge in [-0.15, -0.1) is 0 Å². The lowest BCUT2D eigenvalue weighted by Gasteiger charge is -2.22. The minimum Gasteiger partial charge on any atom is -0.497 e. The number of carbonyl (C=O) groups excluding carboxylic acids is 1. The van der Waals surface area contributed by atoms with Crippen molar-refractivity contribution >= 4 is 23.4 Å². The highest BCUT2D eigenvalue weighted by molar-refractivity contribution is 7.99. The molecule has 33 heavy (non-hydrogen) atoms. The van der Waals surface area contributed by atoms with Crippen LogP contribution in [0.15, 0.2) is 63.6 Å². The monoisotopic (exact) mass is 466 g/mol. The fourth-order valence-corrected chi connectivity index (χ4v) is 4.29. The molecule has 1 N–H and O–H groups in total. The summed E-state index contributed by atoms with van der Waals surface area (Å²) in [6, 6.07) is 13.2. The van der Waals surface area contributed by atoms with Gasteiger partial charge in [0.1, 0.15) is 11.6 Å². The number of rotatable bonds is 6. The first-order valence-electron chi connectivity index (χ1n) is 10.4. The first-order chi connectivity index (χ1) is 15.9. The average molecular weight is 467 g/mol. The molecule has 2 aromatic carbocycles. The van der Waals surface area contributed by atoms with Crippen LogP contribution in [0.25, 0.3) is 0 Å². The van der Waals surface area contributed by atoms with E-state index >= 15 is 0 Å². The molecule has 2 heterocycles. The lowest BCUT2D eigenvalue weighted by Crippen LogP contribution is -2.28. The standard InChI is InChI=1S/C24H23FN4O3S/c1-14-15(2)26-24(27-23(14)31)33-13-22(30)29-21(17-4-8-18(25)9-5-17)12-20(28-29)16-6-10-19(32-3)11-7-16/h4-11,21H,12-13H2,1-3H3,(H,26,27,31). The summed E-state index contributed by atoms with van der Waals surface area (Å²) in [7, 11) is 1.60. The summed E-state index contributed by atoms with van der Waals surface area (Å²) >= 11 is 1.15. The van der Waals surface area contributed by atoms with Crippen molar-refractivity contribution in [2.24, 2.45) is 5.10 Å². The molecule has 1 aliphatic rings. The van der Waals surface area contributed by atoms with E-state index in [1.807, 2.05) is 24.3 Å². The van der Waals surface area contributed by atoms with E-state index in [1.165, 1.54) is 17.1 Å². The number of aryl methyl sites for hydroxylation is 1. The van der Waals surface area contributed by atoms with Gasteiger partial charge in [0, 0.05) is 17.7 Å². The van der Waals surface area contributed by atoms with Gasteiger partial charge in [-0.3, -0.25) is 9.59 Å². The highest BCUT2D eigenvalue weighted by Crippen LogP contribution is 2.34. The Morgan fingerprint density at radius 2 is 1.88 bits per heavy atom. The third kappa shape index (κ3) is 4.98. The van der Waals surface area contributed by atoms with Crippen molar-refractivity contribution in [1.82, 2.24) is 15.0 Å². The Labute approximate surface area is 194 Å². The number of carbonyl (C=O) groups is 1. The SMILES string of the molecule is COc1ccc(C2=NN(C(=O)CSc3nc(C)c(C)c(=O)[nH]3)C(c3ccc(F)cc3)C2)cc1. The zero-order valence-electron chi connectivity index (χ0n) is 18.5. The average Bonchev–Trinajstić information content (AvgIpc) is 3.27. The third-order valence-electron chi connectivity index (χ3n) is 5.55. The van der Waals surface area contributed by atoms with Crippen molar-refractivity contribution in [3.63, 3.8) is 0 Å². The molecule has 7 nitrogen and oxygen atoms in total. The molecule has 0 aliphatic carbocycles. The Morgan fingerprint density at radius 1 is 1.18 bits per heavy atom. The summed E-state index contributed by atoms with van der Waals surface area (Å²) in [6.07, 6.45) is 0.493. The van der Waals surface area contributed by atoms with Gasteiger partial charge in [-0.05, 0) is 61.4 Å². The number of aromatic nitrogens is 2. The van der Waals surface area contributed by atoms with Crippen LogP contribution in [-0.4, -0.2) is 39.5 Å². The van der Waals surface area contributed by atoms with Gasteiger partial charge in [-0.25, -0.2) is 14.4 Å². The largest absolute Gasteiger partial charge is 0.497 e. The number of methoxy groups -OCH3 is 1. The van der Waals surface area contributed by atoms with Crippen LogP contribution in [0, 0.1) is 19.7 Å². The van der Waals surface area contributed by atoms with Crippen LogP contribution in [0.2, 0.25) is 0 Å². The number of ether oxygens (including phenoxy) is 1. The zero-order chi connectivity index (χ0) is 23.5. The maximum absolute atomic E-state index is 13.5. The van der Waals surface area contributed by atoms with Gasteiger partial charge < -0.3 is 9.72 Å². The van der Waals surface area contributed by atoms with Gasteiger partial charge in [-0.1, -0.05) is 23.9 Å². The molecule has 1 aromatic heterocycles. The summed E-state index contributed by atoms with van der Waals surface area (Å²) in [5.74, 6) is 0.194. The molecule has 9 heteroatoms. The molecule has 0 spiro atoms. The van der Waals surface area contributed by atoms with Gasteiger partial charge in [0.25, 0.3) is 11.5 Å². The van der Waals surface area contributed by atoms with Gasteiger partial charge in [0.2, 0.25) is 0 Å². The number of H-pyrrole nitrogens is 1. The van der Waals surface area contributed by atoms with Crippen LogP contribution < -0.4 is 10.3 Å². The van der Waals surface area contributed by atoms with Gasteiger partial charge in [-0.2, -0.15) is 5.10 Å². The topological polar surface area (TPSA) is 87.7 Å². The van der Waals surface area contributed by atoms with E-state index in [0.717, 1.165) is 34.3 Å². The van der Waals surface area contributed by atoms with E-state index in [1.54, 1.807) is 33.1 Å². The van der Waals surface area contributed by atoms with Crippen molar-refractivity contribution in [2.75, 3.05) is 12.9 Å². The normalized spacial score (nSPS) is 15.5. The number of hydrogen-bond donors (Lipinski definition) is 1. The molecule has 0 bridgehead atoms. The molecule has 0 fully saturated rings. The number of halogens is 1. The number of hydrogen-bond acceptors (Lipinski definition) is 6. The van der Waals surface area contributed by atoms with Gasteiger partial charge >= 0.3 is 0 Å². The fraction of sp³-hybridized carbons (Fsp3) is 0.250. The number of thioether (sulfide) groups is 1. The van der Waals surface area contributed by atoms with E-state index in [2.05, 4.69) is 15.1 Å². The van der Waals surface area contributed by atoms with Crippen molar-refractivity contribution in [2.45, 2.75) is 31.5 Å². The number of aromatic amines is 1. The Morgan fingerprint density at radius 3 is 2.52 bits per heavy atom. The van der Waals surface area contributed by atoms with E-state index < -0.39 is 0 Å². The second-order valence-electron chi connectivity index (χ2n) is 7.66. The Bertz CT molecular complexity index is 1260. The number of benzene rings is 2. The number of hydrazone groups is 1. The van der Waals surface area contributed by atoms with E-state index in [0.29, 0.717) is 22.8 Å². The molecule has 0 saturated carbocycles. The number of nitrogens with zero attached hydrogens (tertiary/aromatic N) is 3. The van der Waals surface area contributed by atoms with Crippen molar-refractivity contribution < 1.29 is 13.9 Å². The predicted molar refractivity (Wildman–Crippen MR) is 125 cm³/mol. The summed E-state index contributed by atoms with van der Waals surface area (Å²) in [4.78, 5) is 32.2. The molecule has 3 aromatic rings. The number of nitrogens with one attached hydrogen (secondary N) is 1. The lowest BCUT2D eigenvalue weighted by atomic mass is 9.98. The molecular formula is C24H23FN4O3S. The molecule has 1 amide bonds. The zero-order valence-corrected chi connectivity index (χ0v) is 19.3. The maximum atomic E-state index is 13.5. The molecule has 4 rings (SSSR count). The lowest BCUT2D eigenvalue weighted by molar-refractivity contribution is -0.130. The highest BCUT2D eigenvalue weighted by Gasteiger charge is 2.33. The minimum absolute atomic E-state index is 0.0442.